The molecule has 6 nitrogen and oxygen atoms in total. The quantitative estimate of drug-likeness (QED) is 0.751. The van der Waals surface area contributed by atoms with E-state index in [0.717, 1.165) is 4.47 Å². The normalized spacial score (nSPS) is 9.74. The van der Waals surface area contributed by atoms with Gasteiger partial charge in [0, 0.05) is 22.4 Å². The van der Waals surface area contributed by atoms with E-state index in [9.17, 15) is 19.5 Å². The van der Waals surface area contributed by atoms with Gasteiger partial charge in [0.15, 0.2) is 0 Å². The summed E-state index contributed by atoms with van der Waals surface area (Å²) in [5.41, 5.74) is 4.84. The van der Waals surface area contributed by atoms with Crippen LogP contribution in [-0.2, 0) is 9.59 Å². The number of carboxylic acid groups (broad SMARTS) is 1. The lowest BCUT2D eigenvalue weighted by molar-refractivity contribution is -0.305. The Morgan fingerprint density at radius 2 is 1.89 bits per heavy atom. The van der Waals surface area contributed by atoms with E-state index in [2.05, 4.69) is 26.8 Å². The predicted molar refractivity (Wildman–Crippen MR) is 68.6 cm³/mol. The number of hydrogen-bond donors (Lipinski definition) is 2. The number of halogens is 1. The van der Waals surface area contributed by atoms with Crippen molar-refractivity contribution in [3.63, 3.8) is 0 Å². The Hall–Kier alpha value is -1.89. The van der Waals surface area contributed by atoms with Gasteiger partial charge < -0.3 is 9.90 Å². The van der Waals surface area contributed by atoms with Crippen LogP contribution >= 0.6 is 15.9 Å². The van der Waals surface area contributed by atoms with Crippen molar-refractivity contribution in [3.8, 4) is 0 Å². The fourth-order valence-corrected chi connectivity index (χ4v) is 1.68. The first-order valence-corrected chi connectivity index (χ1v) is 6.33. The minimum atomic E-state index is -1.20. The van der Waals surface area contributed by atoms with Gasteiger partial charge in [0.25, 0.3) is 5.91 Å². The Balaban J connectivity index is 2.34. The highest BCUT2D eigenvalue weighted by Crippen LogP contribution is 2.11. The maximum atomic E-state index is 11.6. The smallest absolute Gasteiger partial charge is 0.269 e. The molecule has 0 aromatic heterocycles. The Bertz CT molecular complexity index is 490. The molecule has 2 N–H and O–H groups in total. The highest BCUT2D eigenvalue weighted by Gasteiger charge is 2.07. The van der Waals surface area contributed by atoms with Gasteiger partial charge in [-0.05, 0) is 31.0 Å². The fraction of sp³-hybridized carbons (Fsp3) is 0.250. The highest BCUT2D eigenvalue weighted by atomic mass is 79.9. The highest BCUT2D eigenvalue weighted by molar-refractivity contribution is 9.10. The van der Waals surface area contributed by atoms with Gasteiger partial charge >= 0.3 is 0 Å². The summed E-state index contributed by atoms with van der Waals surface area (Å²) >= 11 is 3.23. The first-order chi connectivity index (χ1) is 8.99. The summed E-state index contributed by atoms with van der Waals surface area (Å²) in [4.78, 5) is 33.1. The summed E-state index contributed by atoms with van der Waals surface area (Å²) in [6.45, 7) is 0. The van der Waals surface area contributed by atoms with Crippen LogP contribution in [0.3, 0.4) is 0 Å². The second-order valence-corrected chi connectivity index (χ2v) is 4.65. The molecule has 0 atom stereocenters. The van der Waals surface area contributed by atoms with Crippen molar-refractivity contribution >= 4 is 33.7 Å². The van der Waals surface area contributed by atoms with Crippen LogP contribution in [0.5, 0.6) is 0 Å². The van der Waals surface area contributed by atoms with E-state index < -0.39 is 17.8 Å². The van der Waals surface area contributed by atoms with Gasteiger partial charge in [0.2, 0.25) is 5.91 Å². The van der Waals surface area contributed by atoms with Gasteiger partial charge in [-0.2, -0.15) is 0 Å². The second-order valence-electron chi connectivity index (χ2n) is 3.74. The molecule has 1 rings (SSSR count). The zero-order chi connectivity index (χ0) is 14.3. The van der Waals surface area contributed by atoms with Gasteiger partial charge in [-0.3, -0.25) is 20.4 Å². The molecule has 1 aromatic carbocycles. The second kappa shape index (κ2) is 7.52. The molecular weight excluding hydrogens is 316 g/mol. The van der Waals surface area contributed by atoms with Crippen LogP contribution < -0.4 is 16.0 Å². The minimum absolute atomic E-state index is 0.00669. The molecular formula is C12H12BrN2O4-. The predicted octanol–water partition coefficient (Wildman–Crippen LogP) is 0.130. The minimum Gasteiger partial charge on any atom is -0.550 e. The van der Waals surface area contributed by atoms with Gasteiger partial charge in [-0.15, -0.1) is 0 Å². The number of hydrazine groups is 1. The first-order valence-electron chi connectivity index (χ1n) is 5.53. The number of hydrogen-bond acceptors (Lipinski definition) is 4. The molecule has 0 radical (unpaired) electrons. The number of aliphatic carboxylic acids is 1. The summed E-state index contributed by atoms with van der Waals surface area (Å²) in [6.07, 6.45) is -0.0132. The van der Waals surface area contributed by atoms with E-state index in [-0.39, 0.29) is 19.3 Å². The Labute approximate surface area is 118 Å². The molecule has 7 heteroatoms. The van der Waals surface area contributed by atoms with Crippen molar-refractivity contribution in [3.05, 3.63) is 34.3 Å². The van der Waals surface area contributed by atoms with E-state index in [1.807, 2.05) is 0 Å². The first kappa shape index (κ1) is 15.2. The molecule has 0 fully saturated rings. The standard InChI is InChI=1S/C12H13BrN2O4/c13-9-4-1-3-8(7-9)12(19)15-14-10(16)5-2-6-11(17)18/h1,3-4,7H,2,5-6H2,(H,14,16)(H,15,19)(H,17,18)/p-1. The van der Waals surface area contributed by atoms with Gasteiger partial charge in [0.05, 0.1) is 0 Å². The zero-order valence-corrected chi connectivity index (χ0v) is 11.5. The summed E-state index contributed by atoms with van der Waals surface area (Å²) in [5, 5.41) is 10.1. The lowest BCUT2D eigenvalue weighted by Gasteiger charge is -2.07. The number of rotatable bonds is 5. The Morgan fingerprint density at radius 1 is 1.16 bits per heavy atom. The number of carboxylic acids is 1. The summed E-state index contributed by atoms with van der Waals surface area (Å²) in [7, 11) is 0. The molecule has 0 saturated heterocycles. The van der Waals surface area contributed by atoms with Crippen molar-refractivity contribution in [1.29, 1.82) is 0 Å². The molecule has 0 saturated carbocycles. The van der Waals surface area contributed by atoms with Crippen LogP contribution in [0.4, 0.5) is 0 Å². The van der Waals surface area contributed by atoms with Crippen LogP contribution in [0.1, 0.15) is 29.6 Å². The number of amides is 2. The maximum Gasteiger partial charge on any atom is 0.269 e. The van der Waals surface area contributed by atoms with E-state index in [4.69, 9.17) is 0 Å². The van der Waals surface area contributed by atoms with Gasteiger partial charge in [0.1, 0.15) is 0 Å². The molecule has 0 heterocycles. The van der Waals surface area contributed by atoms with E-state index in [1.54, 1.807) is 24.3 Å². The molecule has 0 spiro atoms. The molecule has 102 valence electrons. The van der Waals surface area contributed by atoms with Crippen molar-refractivity contribution in [1.82, 2.24) is 10.9 Å². The number of carbonyl (C=O) groups excluding carboxylic acids is 3. The van der Waals surface area contributed by atoms with Crippen LogP contribution in [0.15, 0.2) is 28.7 Å². The van der Waals surface area contributed by atoms with E-state index >= 15 is 0 Å². The lowest BCUT2D eigenvalue weighted by atomic mass is 10.2. The van der Waals surface area contributed by atoms with Gasteiger partial charge in [-0.1, -0.05) is 22.0 Å². The van der Waals surface area contributed by atoms with Crippen molar-refractivity contribution in [2.24, 2.45) is 0 Å². The lowest BCUT2D eigenvalue weighted by Crippen LogP contribution is -2.41. The fourth-order valence-electron chi connectivity index (χ4n) is 1.28. The molecule has 0 unspecified atom stereocenters. The van der Waals surface area contributed by atoms with E-state index in [0.29, 0.717) is 5.56 Å². The summed E-state index contributed by atoms with van der Waals surface area (Å²) in [5.74, 6) is -2.11. The molecule has 1 aromatic rings. The average Bonchev–Trinajstić information content (AvgIpc) is 2.35. The number of benzene rings is 1. The third-order valence-corrected chi connectivity index (χ3v) is 2.68. The topological polar surface area (TPSA) is 98.3 Å². The SMILES string of the molecule is O=C([O-])CCCC(=O)NNC(=O)c1cccc(Br)c1. The summed E-state index contributed by atoms with van der Waals surface area (Å²) in [6, 6.07) is 6.68. The van der Waals surface area contributed by atoms with Crippen molar-refractivity contribution in [2.45, 2.75) is 19.3 Å². The van der Waals surface area contributed by atoms with Crippen LogP contribution in [0.25, 0.3) is 0 Å². The van der Waals surface area contributed by atoms with Crippen LogP contribution in [0.2, 0.25) is 0 Å². The van der Waals surface area contributed by atoms with Gasteiger partial charge in [-0.25, -0.2) is 0 Å². The third-order valence-electron chi connectivity index (χ3n) is 2.19. The molecule has 0 aliphatic heterocycles. The largest absolute Gasteiger partial charge is 0.550 e. The number of carbonyl (C=O) groups is 3. The maximum absolute atomic E-state index is 11.6. The Kier molecular flexibility index (Phi) is 6.01. The molecule has 0 aliphatic carbocycles. The van der Waals surface area contributed by atoms with Crippen molar-refractivity contribution in [2.75, 3.05) is 0 Å². The van der Waals surface area contributed by atoms with Crippen LogP contribution in [0, 0.1) is 0 Å². The average molecular weight is 328 g/mol. The zero-order valence-electron chi connectivity index (χ0n) is 9.94. The molecule has 2 amide bonds. The number of nitrogens with one attached hydrogen (secondary N) is 2. The molecule has 19 heavy (non-hydrogen) atoms. The summed E-state index contributed by atoms with van der Waals surface area (Å²) < 4.78 is 0.750. The monoisotopic (exact) mass is 327 g/mol. The molecule has 0 aliphatic rings. The molecule has 0 bridgehead atoms. The third kappa shape index (κ3) is 6.01. The van der Waals surface area contributed by atoms with Crippen molar-refractivity contribution < 1.29 is 19.5 Å². The Morgan fingerprint density at radius 3 is 2.53 bits per heavy atom. The van der Waals surface area contributed by atoms with E-state index in [1.165, 1.54) is 0 Å². The van der Waals surface area contributed by atoms with Crippen LogP contribution in [-0.4, -0.2) is 17.8 Å².